The zero-order valence-electron chi connectivity index (χ0n) is 9.85. The molecule has 0 heterocycles. The van der Waals surface area contributed by atoms with Crippen molar-refractivity contribution in [3.63, 3.8) is 0 Å². The van der Waals surface area contributed by atoms with Gasteiger partial charge in [-0.1, -0.05) is 39.0 Å². The van der Waals surface area contributed by atoms with E-state index in [-0.39, 0.29) is 5.41 Å². The number of benzene rings is 1. The van der Waals surface area contributed by atoms with Gasteiger partial charge in [-0.05, 0) is 29.0 Å². The lowest BCUT2D eigenvalue weighted by atomic mass is 9.85. The van der Waals surface area contributed by atoms with Crippen molar-refractivity contribution in [3.05, 3.63) is 34.9 Å². The molecule has 1 nitrogen and oxygen atoms in total. The second-order valence-corrected chi connectivity index (χ2v) is 4.82. The highest BCUT2D eigenvalue weighted by Crippen LogP contribution is 2.24. The molecule has 0 aliphatic heterocycles. The third-order valence-corrected chi connectivity index (χ3v) is 2.51. The average Bonchev–Trinajstić information content (AvgIpc) is 2.07. The first-order chi connectivity index (χ1) is 6.45. The summed E-state index contributed by atoms with van der Waals surface area (Å²) in [5.74, 6) is 0. The second kappa shape index (κ2) is 4.14. The molecule has 14 heavy (non-hydrogen) atoms. The maximum Gasteiger partial charge on any atom is 0.0715 e. The maximum atomic E-state index is 5.13. The van der Waals surface area contributed by atoms with Gasteiger partial charge in [-0.2, -0.15) is 0 Å². The monoisotopic (exact) mass is 192 g/mol. The van der Waals surface area contributed by atoms with Gasteiger partial charge in [-0.15, -0.1) is 0 Å². The van der Waals surface area contributed by atoms with Gasteiger partial charge >= 0.3 is 0 Å². The van der Waals surface area contributed by atoms with Crippen LogP contribution in [0.4, 0.5) is 0 Å². The van der Waals surface area contributed by atoms with Crippen molar-refractivity contribution in [2.24, 2.45) is 0 Å². The second-order valence-electron chi connectivity index (χ2n) is 4.82. The molecule has 0 amide bonds. The van der Waals surface area contributed by atoms with Crippen LogP contribution in [0, 0.1) is 6.92 Å². The first-order valence-electron chi connectivity index (χ1n) is 5.04. The summed E-state index contributed by atoms with van der Waals surface area (Å²) in [5, 5.41) is 0. The Kier molecular flexibility index (Phi) is 3.33. The standard InChI is InChI=1S/C13H20O/c1-10-8-12(13(2,3)4)7-6-11(10)9-14-5/h6-8H,9H2,1-5H3. The lowest BCUT2D eigenvalue weighted by molar-refractivity contribution is 0.184. The molecule has 1 rings (SSSR count). The highest BCUT2D eigenvalue weighted by molar-refractivity contribution is 5.34. The summed E-state index contributed by atoms with van der Waals surface area (Å²) in [6.07, 6.45) is 0. The summed E-state index contributed by atoms with van der Waals surface area (Å²) in [6, 6.07) is 6.62. The van der Waals surface area contributed by atoms with Gasteiger partial charge in [-0.25, -0.2) is 0 Å². The van der Waals surface area contributed by atoms with E-state index >= 15 is 0 Å². The summed E-state index contributed by atoms with van der Waals surface area (Å²) in [4.78, 5) is 0. The fourth-order valence-electron chi connectivity index (χ4n) is 1.48. The molecule has 0 unspecified atom stereocenters. The van der Waals surface area contributed by atoms with E-state index in [4.69, 9.17) is 4.74 Å². The van der Waals surface area contributed by atoms with Crippen molar-refractivity contribution in [1.29, 1.82) is 0 Å². The molecule has 0 atom stereocenters. The summed E-state index contributed by atoms with van der Waals surface area (Å²) in [5.41, 5.74) is 4.21. The quantitative estimate of drug-likeness (QED) is 0.697. The van der Waals surface area contributed by atoms with Crippen LogP contribution >= 0.6 is 0 Å². The minimum absolute atomic E-state index is 0.233. The predicted octanol–water partition coefficient (Wildman–Crippen LogP) is 3.44. The van der Waals surface area contributed by atoms with E-state index in [0.717, 1.165) is 0 Å². The zero-order chi connectivity index (χ0) is 10.8. The van der Waals surface area contributed by atoms with Crippen molar-refractivity contribution in [1.82, 2.24) is 0 Å². The molecule has 1 aromatic carbocycles. The lowest BCUT2D eigenvalue weighted by Gasteiger charge is -2.20. The van der Waals surface area contributed by atoms with Gasteiger partial charge in [0.2, 0.25) is 0 Å². The summed E-state index contributed by atoms with van der Waals surface area (Å²) in [6.45, 7) is 9.55. The fourth-order valence-corrected chi connectivity index (χ4v) is 1.48. The highest BCUT2D eigenvalue weighted by Gasteiger charge is 2.13. The van der Waals surface area contributed by atoms with E-state index < -0.39 is 0 Å². The van der Waals surface area contributed by atoms with E-state index in [2.05, 4.69) is 45.9 Å². The number of aryl methyl sites for hydroxylation is 1. The number of ether oxygens (including phenoxy) is 1. The SMILES string of the molecule is COCc1ccc(C(C)(C)C)cc1C. The van der Waals surface area contributed by atoms with Crippen LogP contribution < -0.4 is 0 Å². The molecular weight excluding hydrogens is 172 g/mol. The fraction of sp³-hybridized carbons (Fsp3) is 0.538. The molecule has 0 aliphatic rings. The van der Waals surface area contributed by atoms with Crippen LogP contribution in [0.5, 0.6) is 0 Å². The Morgan fingerprint density at radius 2 is 1.86 bits per heavy atom. The Bertz CT molecular complexity index is 308. The molecule has 0 aliphatic carbocycles. The van der Waals surface area contributed by atoms with Crippen LogP contribution in [0.15, 0.2) is 18.2 Å². The molecule has 0 radical (unpaired) electrons. The van der Waals surface area contributed by atoms with Gasteiger partial charge in [0.15, 0.2) is 0 Å². The van der Waals surface area contributed by atoms with Crippen LogP contribution in [-0.4, -0.2) is 7.11 Å². The van der Waals surface area contributed by atoms with Crippen LogP contribution in [-0.2, 0) is 16.8 Å². The summed E-state index contributed by atoms with van der Waals surface area (Å²) >= 11 is 0. The molecule has 0 saturated carbocycles. The summed E-state index contributed by atoms with van der Waals surface area (Å²) in [7, 11) is 1.73. The number of hydrogen-bond donors (Lipinski definition) is 0. The Morgan fingerprint density at radius 1 is 1.21 bits per heavy atom. The van der Waals surface area contributed by atoms with Gasteiger partial charge in [0.25, 0.3) is 0 Å². The van der Waals surface area contributed by atoms with Gasteiger partial charge in [-0.3, -0.25) is 0 Å². The first-order valence-corrected chi connectivity index (χ1v) is 5.04. The number of rotatable bonds is 2. The van der Waals surface area contributed by atoms with Crippen LogP contribution in [0.1, 0.15) is 37.5 Å². The van der Waals surface area contributed by atoms with E-state index in [9.17, 15) is 0 Å². The predicted molar refractivity (Wildman–Crippen MR) is 60.6 cm³/mol. The van der Waals surface area contributed by atoms with Gasteiger partial charge in [0.1, 0.15) is 0 Å². The third-order valence-electron chi connectivity index (χ3n) is 2.51. The molecule has 0 aromatic heterocycles. The summed E-state index contributed by atoms with van der Waals surface area (Å²) < 4.78 is 5.13. The number of methoxy groups -OCH3 is 1. The van der Waals surface area contributed by atoms with Crippen LogP contribution in [0.25, 0.3) is 0 Å². The Morgan fingerprint density at radius 3 is 2.29 bits per heavy atom. The average molecular weight is 192 g/mol. The van der Waals surface area contributed by atoms with Gasteiger partial charge in [0, 0.05) is 7.11 Å². The molecule has 0 bridgehead atoms. The van der Waals surface area contributed by atoms with E-state index in [0.29, 0.717) is 6.61 Å². The Labute approximate surface area is 87.1 Å². The van der Waals surface area contributed by atoms with Crippen molar-refractivity contribution in [2.75, 3.05) is 7.11 Å². The van der Waals surface area contributed by atoms with Crippen molar-refractivity contribution < 1.29 is 4.74 Å². The van der Waals surface area contributed by atoms with E-state index in [1.165, 1.54) is 16.7 Å². The first kappa shape index (κ1) is 11.3. The molecule has 1 heteroatoms. The van der Waals surface area contributed by atoms with Crippen molar-refractivity contribution >= 4 is 0 Å². The molecule has 0 spiro atoms. The van der Waals surface area contributed by atoms with Crippen LogP contribution in [0.2, 0.25) is 0 Å². The number of hydrogen-bond acceptors (Lipinski definition) is 1. The molecule has 0 fully saturated rings. The maximum absolute atomic E-state index is 5.13. The minimum Gasteiger partial charge on any atom is -0.380 e. The molecule has 1 aromatic rings. The van der Waals surface area contributed by atoms with Crippen LogP contribution in [0.3, 0.4) is 0 Å². The normalized spacial score (nSPS) is 11.8. The molecule has 78 valence electrons. The Balaban J connectivity index is 3.01. The topological polar surface area (TPSA) is 9.23 Å². The molecule has 0 saturated heterocycles. The van der Waals surface area contributed by atoms with Gasteiger partial charge < -0.3 is 4.74 Å². The Hall–Kier alpha value is -0.820. The smallest absolute Gasteiger partial charge is 0.0715 e. The lowest BCUT2D eigenvalue weighted by Crippen LogP contribution is -2.11. The van der Waals surface area contributed by atoms with E-state index in [1.807, 2.05) is 0 Å². The highest BCUT2D eigenvalue weighted by atomic mass is 16.5. The molecule has 0 N–H and O–H groups in total. The minimum atomic E-state index is 0.233. The third kappa shape index (κ3) is 2.58. The van der Waals surface area contributed by atoms with E-state index in [1.54, 1.807) is 7.11 Å². The van der Waals surface area contributed by atoms with Gasteiger partial charge in [0.05, 0.1) is 6.61 Å². The molecular formula is C13H20O. The largest absolute Gasteiger partial charge is 0.380 e. The zero-order valence-corrected chi connectivity index (χ0v) is 9.85. The van der Waals surface area contributed by atoms with Crippen molar-refractivity contribution in [3.8, 4) is 0 Å². The van der Waals surface area contributed by atoms with Crippen molar-refractivity contribution in [2.45, 2.75) is 39.7 Å².